The molecular weight excluding hydrogens is 222 g/mol. The highest BCUT2D eigenvalue weighted by Crippen LogP contribution is 2.28. The van der Waals surface area contributed by atoms with Crippen LogP contribution in [0.5, 0.6) is 0 Å². The first-order valence-corrected chi connectivity index (χ1v) is 7.19. The molecule has 1 aliphatic carbocycles. The molecule has 0 saturated heterocycles. The molecule has 0 spiro atoms. The van der Waals surface area contributed by atoms with Crippen LogP contribution in [0.3, 0.4) is 0 Å². The largest absolute Gasteiger partial charge is 0.380 e. The van der Waals surface area contributed by atoms with Crippen molar-refractivity contribution in [3.05, 3.63) is 35.9 Å². The molecule has 1 saturated carbocycles. The molecule has 1 fully saturated rings. The van der Waals surface area contributed by atoms with Gasteiger partial charge in [-0.25, -0.2) is 0 Å². The lowest BCUT2D eigenvalue weighted by Crippen LogP contribution is -2.22. The summed E-state index contributed by atoms with van der Waals surface area (Å²) in [5.41, 5.74) is 1.43. The lowest BCUT2D eigenvalue weighted by atomic mass is 9.98. The van der Waals surface area contributed by atoms with Crippen molar-refractivity contribution in [1.29, 1.82) is 0 Å². The van der Waals surface area contributed by atoms with Gasteiger partial charge in [0.25, 0.3) is 0 Å². The Balaban J connectivity index is 1.47. The zero-order chi connectivity index (χ0) is 12.6. The standard InChI is InChI=1S/C16H25NO/c1-14(16-5-3-2-4-6-16)9-10-17-11-12-18-13-15-7-8-15/h2-6,14-15,17H,7-13H2,1H3. The monoisotopic (exact) mass is 247 g/mol. The quantitative estimate of drug-likeness (QED) is 0.677. The van der Waals surface area contributed by atoms with Gasteiger partial charge in [-0.15, -0.1) is 0 Å². The fourth-order valence-electron chi connectivity index (χ4n) is 2.07. The maximum absolute atomic E-state index is 5.59. The van der Waals surface area contributed by atoms with Gasteiger partial charge in [0.1, 0.15) is 0 Å². The Labute approximate surface area is 111 Å². The Bertz CT molecular complexity index is 321. The van der Waals surface area contributed by atoms with E-state index in [-0.39, 0.29) is 0 Å². The Hall–Kier alpha value is -0.860. The van der Waals surface area contributed by atoms with Gasteiger partial charge in [-0.1, -0.05) is 37.3 Å². The summed E-state index contributed by atoms with van der Waals surface area (Å²) in [5.74, 6) is 1.51. The number of nitrogens with one attached hydrogen (secondary N) is 1. The Morgan fingerprint density at radius 2 is 2.00 bits per heavy atom. The summed E-state index contributed by atoms with van der Waals surface area (Å²) in [6.07, 6.45) is 3.94. The molecule has 0 bridgehead atoms. The van der Waals surface area contributed by atoms with Crippen LogP contribution >= 0.6 is 0 Å². The summed E-state index contributed by atoms with van der Waals surface area (Å²) in [6, 6.07) is 10.7. The number of hydrogen-bond donors (Lipinski definition) is 1. The SMILES string of the molecule is CC(CCNCCOCC1CC1)c1ccccc1. The summed E-state index contributed by atoms with van der Waals surface area (Å²) in [4.78, 5) is 0. The van der Waals surface area contributed by atoms with Crippen molar-refractivity contribution in [1.82, 2.24) is 5.32 Å². The molecule has 1 N–H and O–H groups in total. The lowest BCUT2D eigenvalue weighted by Gasteiger charge is -2.12. The molecular formula is C16H25NO. The van der Waals surface area contributed by atoms with E-state index in [0.717, 1.165) is 32.2 Å². The Kier molecular flexibility index (Phi) is 5.69. The minimum absolute atomic E-state index is 0.631. The fourth-order valence-corrected chi connectivity index (χ4v) is 2.07. The van der Waals surface area contributed by atoms with Crippen LogP contribution in [-0.2, 0) is 4.74 Å². The topological polar surface area (TPSA) is 21.3 Å². The molecule has 0 aliphatic heterocycles. The molecule has 18 heavy (non-hydrogen) atoms. The van der Waals surface area contributed by atoms with Crippen LogP contribution < -0.4 is 5.32 Å². The molecule has 0 amide bonds. The molecule has 2 rings (SSSR count). The summed E-state index contributed by atoms with van der Waals surface area (Å²) in [6.45, 7) is 6.18. The van der Waals surface area contributed by atoms with Crippen LogP contribution in [0.25, 0.3) is 0 Å². The highest BCUT2D eigenvalue weighted by atomic mass is 16.5. The second kappa shape index (κ2) is 7.55. The van der Waals surface area contributed by atoms with Gasteiger partial charge in [-0.3, -0.25) is 0 Å². The third-order valence-corrected chi connectivity index (χ3v) is 3.60. The molecule has 2 heteroatoms. The maximum Gasteiger partial charge on any atom is 0.0591 e. The van der Waals surface area contributed by atoms with E-state index in [1.807, 2.05) is 0 Å². The number of hydrogen-bond acceptors (Lipinski definition) is 2. The normalized spacial score (nSPS) is 16.7. The van der Waals surface area contributed by atoms with E-state index in [4.69, 9.17) is 4.74 Å². The number of rotatable bonds is 9. The van der Waals surface area contributed by atoms with Gasteiger partial charge in [0, 0.05) is 13.2 Å². The first kappa shape index (κ1) is 13.6. The van der Waals surface area contributed by atoms with Crippen molar-refractivity contribution in [3.8, 4) is 0 Å². The van der Waals surface area contributed by atoms with Crippen LogP contribution in [0.4, 0.5) is 0 Å². The van der Waals surface area contributed by atoms with Crippen LogP contribution in [0.1, 0.15) is 37.7 Å². The highest BCUT2D eigenvalue weighted by Gasteiger charge is 2.20. The maximum atomic E-state index is 5.59. The van der Waals surface area contributed by atoms with Gasteiger partial charge in [0.2, 0.25) is 0 Å². The summed E-state index contributed by atoms with van der Waals surface area (Å²) < 4.78 is 5.59. The van der Waals surface area contributed by atoms with Crippen LogP contribution in [0.15, 0.2) is 30.3 Å². The smallest absolute Gasteiger partial charge is 0.0591 e. The Morgan fingerprint density at radius 1 is 1.22 bits per heavy atom. The second-order valence-electron chi connectivity index (χ2n) is 5.37. The van der Waals surface area contributed by atoms with Gasteiger partial charge in [0.05, 0.1) is 6.61 Å². The molecule has 2 nitrogen and oxygen atoms in total. The highest BCUT2D eigenvalue weighted by molar-refractivity contribution is 5.18. The fraction of sp³-hybridized carbons (Fsp3) is 0.625. The number of ether oxygens (including phenoxy) is 1. The second-order valence-corrected chi connectivity index (χ2v) is 5.37. The lowest BCUT2D eigenvalue weighted by molar-refractivity contribution is 0.126. The minimum Gasteiger partial charge on any atom is -0.380 e. The molecule has 1 aromatic carbocycles. The summed E-state index contributed by atoms with van der Waals surface area (Å²) in [5, 5.41) is 3.46. The molecule has 1 unspecified atom stereocenters. The minimum atomic E-state index is 0.631. The van der Waals surface area contributed by atoms with Crippen molar-refractivity contribution >= 4 is 0 Å². The van der Waals surface area contributed by atoms with Crippen LogP contribution in [-0.4, -0.2) is 26.3 Å². The third kappa shape index (κ3) is 5.19. The zero-order valence-corrected chi connectivity index (χ0v) is 11.4. The predicted molar refractivity (Wildman–Crippen MR) is 75.9 cm³/mol. The number of benzene rings is 1. The van der Waals surface area contributed by atoms with Gasteiger partial charge >= 0.3 is 0 Å². The molecule has 0 heterocycles. The predicted octanol–water partition coefficient (Wildman–Crippen LogP) is 3.20. The van der Waals surface area contributed by atoms with Crippen molar-refractivity contribution in [2.45, 2.75) is 32.1 Å². The molecule has 0 aromatic heterocycles. The first-order valence-electron chi connectivity index (χ1n) is 7.19. The van der Waals surface area contributed by atoms with Crippen molar-refractivity contribution in [3.63, 3.8) is 0 Å². The van der Waals surface area contributed by atoms with E-state index in [0.29, 0.717) is 5.92 Å². The van der Waals surface area contributed by atoms with Gasteiger partial charge in [-0.2, -0.15) is 0 Å². The van der Waals surface area contributed by atoms with Gasteiger partial charge < -0.3 is 10.1 Å². The average Bonchev–Trinajstić information content (AvgIpc) is 3.22. The Morgan fingerprint density at radius 3 is 2.72 bits per heavy atom. The molecule has 1 aliphatic rings. The van der Waals surface area contributed by atoms with Crippen LogP contribution in [0, 0.1) is 5.92 Å². The van der Waals surface area contributed by atoms with E-state index < -0.39 is 0 Å². The third-order valence-electron chi connectivity index (χ3n) is 3.60. The molecule has 1 atom stereocenters. The molecule has 1 aromatic rings. The molecule has 0 radical (unpaired) electrons. The van der Waals surface area contributed by atoms with Crippen molar-refractivity contribution < 1.29 is 4.74 Å². The summed E-state index contributed by atoms with van der Waals surface area (Å²) in [7, 11) is 0. The first-order chi connectivity index (χ1) is 8.86. The van der Waals surface area contributed by atoms with E-state index in [2.05, 4.69) is 42.6 Å². The van der Waals surface area contributed by atoms with E-state index in [9.17, 15) is 0 Å². The van der Waals surface area contributed by atoms with E-state index in [1.54, 1.807) is 0 Å². The van der Waals surface area contributed by atoms with Crippen molar-refractivity contribution in [2.75, 3.05) is 26.3 Å². The van der Waals surface area contributed by atoms with E-state index >= 15 is 0 Å². The summed E-state index contributed by atoms with van der Waals surface area (Å²) >= 11 is 0. The van der Waals surface area contributed by atoms with E-state index in [1.165, 1.54) is 24.8 Å². The van der Waals surface area contributed by atoms with Crippen molar-refractivity contribution in [2.24, 2.45) is 5.92 Å². The van der Waals surface area contributed by atoms with Gasteiger partial charge in [0.15, 0.2) is 0 Å². The average molecular weight is 247 g/mol. The van der Waals surface area contributed by atoms with Gasteiger partial charge in [-0.05, 0) is 43.2 Å². The van der Waals surface area contributed by atoms with Crippen LogP contribution in [0.2, 0.25) is 0 Å². The zero-order valence-electron chi connectivity index (χ0n) is 11.4. The molecule has 100 valence electrons.